The summed E-state index contributed by atoms with van der Waals surface area (Å²) in [6.45, 7) is 0. The van der Waals surface area contributed by atoms with Gasteiger partial charge in [0.2, 0.25) is 0 Å². The van der Waals surface area contributed by atoms with E-state index in [1.165, 1.54) is 18.2 Å². The van der Waals surface area contributed by atoms with Gasteiger partial charge in [-0.1, -0.05) is 15.9 Å². The van der Waals surface area contributed by atoms with Crippen LogP contribution in [0.25, 0.3) is 0 Å². The van der Waals surface area contributed by atoms with Crippen molar-refractivity contribution >= 4 is 45.1 Å². The first-order valence-corrected chi connectivity index (χ1v) is 6.62. The average molecular weight is 348 g/mol. The molecule has 0 amide bonds. The average Bonchev–Trinajstić information content (AvgIpc) is 2.19. The lowest BCUT2D eigenvalue weighted by Gasteiger charge is -2.08. The number of alkyl halides is 4. The number of hydrogen-bond donors (Lipinski definition) is 0. The Kier molecular flexibility index (Phi) is 5.34. The quantitative estimate of drug-likeness (QED) is 0.439. The summed E-state index contributed by atoms with van der Waals surface area (Å²) in [6.07, 6.45) is 0.0975. The third-order valence-corrected chi connectivity index (χ3v) is 3.39. The second-order valence-corrected chi connectivity index (χ2v) is 5.42. The van der Waals surface area contributed by atoms with E-state index in [1.54, 1.807) is 0 Å². The molecule has 0 atom stereocenters. The van der Waals surface area contributed by atoms with Gasteiger partial charge in [0, 0.05) is 27.2 Å². The summed E-state index contributed by atoms with van der Waals surface area (Å²) in [7, 11) is 0. The molecule has 0 saturated heterocycles. The molecule has 0 aliphatic carbocycles. The molecule has 1 rings (SSSR count). The van der Waals surface area contributed by atoms with E-state index >= 15 is 0 Å². The molecule has 0 fully saturated rings. The Labute approximate surface area is 114 Å². The Balaban J connectivity index is 2.98. The predicted octanol–water partition coefficient (Wildman–Crippen LogP) is 4.87. The van der Waals surface area contributed by atoms with Crippen LogP contribution in [0.5, 0.6) is 0 Å². The van der Waals surface area contributed by atoms with Crippen LogP contribution in [0.15, 0.2) is 27.6 Å². The van der Waals surface area contributed by atoms with Gasteiger partial charge < -0.3 is 0 Å². The third kappa shape index (κ3) is 4.89. The van der Waals surface area contributed by atoms with Gasteiger partial charge in [0.15, 0.2) is 5.78 Å². The molecule has 0 spiro atoms. The zero-order chi connectivity index (χ0) is 13.1. The molecular formula is C10H7BrClF3OS. The van der Waals surface area contributed by atoms with E-state index in [4.69, 9.17) is 11.6 Å². The normalized spacial score (nSPS) is 11.6. The van der Waals surface area contributed by atoms with E-state index in [-0.39, 0.29) is 40.3 Å². The minimum Gasteiger partial charge on any atom is -0.294 e. The van der Waals surface area contributed by atoms with Crippen LogP contribution in [0, 0.1) is 0 Å². The van der Waals surface area contributed by atoms with Crippen LogP contribution in [0.3, 0.4) is 0 Å². The van der Waals surface area contributed by atoms with Gasteiger partial charge in [0.1, 0.15) is 0 Å². The molecule has 0 aliphatic rings. The van der Waals surface area contributed by atoms with Crippen LogP contribution in [-0.2, 0) is 0 Å². The van der Waals surface area contributed by atoms with Crippen molar-refractivity contribution in [2.75, 3.05) is 5.88 Å². The summed E-state index contributed by atoms with van der Waals surface area (Å²) >= 11 is 8.30. The number of benzene rings is 1. The number of Topliss-reactive ketones (excluding diaryl/α,β-unsaturated/α-hetero) is 1. The van der Waals surface area contributed by atoms with Crippen molar-refractivity contribution in [2.45, 2.75) is 16.8 Å². The Morgan fingerprint density at radius 1 is 1.41 bits per heavy atom. The van der Waals surface area contributed by atoms with Crippen LogP contribution >= 0.6 is 39.3 Å². The molecule has 0 radical (unpaired) electrons. The maximum Gasteiger partial charge on any atom is 0.446 e. The second kappa shape index (κ2) is 6.11. The van der Waals surface area contributed by atoms with Crippen LogP contribution in [-0.4, -0.2) is 17.2 Å². The highest BCUT2D eigenvalue weighted by Gasteiger charge is 2.29. The lowest BCUT2D eigenvalue weighted by molar-refractivity contribution is -0.0328. The van der Waals surface area contributed by atoms with Gasteiger partial charge in [-0.3, -0.25) is 4.79 Å². The largest absolute Gasteiger partial charge is 0.446 e. The minimum absolute atomic E-state index is 0.0152. The standard InChI is InChI=1S/C10H7BrClF3OS/c11-8-2-1-6(17-10(13,14)15)5-7(8)9(16)3-4-12/h1-2,5H,3-4H2. The number of thioether (sulfide) groups is 1. The lowest BCUT2D eigenvalue weighted by Crippen LogP contribution is -2.03. The summed E-state index contributed by atoms with van der Waals surface area (Å²) < 4.78 is 37.0. The number of carbonyl (C=O) groups is 1. The van der Waals surface area contributed by atoms with Gasteiger partial charge in [-0.2, -0.15) is 13.2 Å². The molecular weight excluding hydrogens is 341 g/mol. The van der Waals surface area contributed by atoms with Crippen molar-refractivity contribution in [1.29, 1.82) is 0 Å². The Morgan fingerprint density at radius 2 is 2.06 bits per heavy atom. The Hall–Kier alpha value is -0.200. The SMILES string of the molecule is O=C(CCCl)c1cc(SC(F)(F)F)ccc1Br. The van der Waals surface area contributed by atoms with Crippen LogP contribution in [0.1, 0.15) is 16.8 Å². The Morgan fingerprint density at radius 3 is 2.59 bits per heavy atom. The number of halogens is 5. The van der Waals surface area contributed by atoms with Gasteiger partial charge in [-0.05, 0) is 30.0 Å². The van der Waals surface area contributed by atoms with Crippen molar-refractivity contribution in [3.8, 4) is 0 Å². The van der Waals surface area contributed by atoms with Crippen LogP contribution in [0.4, 0.5) is 13.2 Å². The van der Waals surface area contributed by atoms with E-state index in [1.807, 2.05) is 0 Å². The molecule has 7 heteroatoms. The molecule has 0 aromatic heterocycles. The molecule has 0 aliphatic heterocycles. The summed E-state index contributed by atoms with van der Waals surface area (Å²) in [4.78, 5) is 11.6. The van der Waals surface area contributed by atoms with E-state index in [0.717, 1.165) is 0 Å². The number of carbonyl (C=O) groups excluding carboxylic acids is 1. The van der Waals surface area contributed by atoms with Gasteiger partial charge in [-0.15, -0.1) is 11.6 Å². The fourth-order valence-electron chi connectivity index (χ4n) is 1.14. The molecule has 1 aromatic rings. The first-order chi connectivity index (χ1) is 7.83. The van der Waals surface area contributed by atoms with Crippen molar-refractivity contribution < 1.29 is 18.0 Å². The van der Waals surface area contributed by atoms with Gasteiger partial charge in [0.05, 0.1) is 0 Å². The van der Waals surface area contributed by atoms with Crippen LogP contribution < -0.4 is 0 Å². The molecule has 94 valence electrons. The summed E-state index contributed by atoms with van der Waals surface area (Å²) in [5, 5.41) is 0. The monoisotopic (exact) mass is 346 g/mol. The molecule has 1 nitrogen and oxygen atoms in total. The van der Waals surface area contributed by atoms with Crippen molar-refractivity contribution in [3.63, 3.8) is 0 Å². The van der Waals surface area contributed by atoms with E-state index < -0.39 is 5.51 Å². The molecule has 0 bridgehead atoms. The zero-order valence-corrected chi connectivity index (χ0v) is 11.5. The van der Waals surface area contributed by atoms with Crippen molar-refractivity contribution in [1.82, 2.24) is 0 Å². The number of hydrogen-bond acceptors (Lipinski definition) is 2. The molecule has 0 N–H and O–H groups in total. The molecule has 0 heterocycles. The van der Waals surface area contributed by atoms with Gasteiger partial charge in [-0.25, -0.2) is 0 Å². The van der Waals surface area contributed by atoms with Crippen molar-refractivity contribution in [3.05, 3.63) is 28.2 Å². The number of ketones is 1. The first-order valence-electron chi connectivity index (χ1n) is 4.48. The second-order valence-electron chi connectivity index (χ2n) is 3.05. The summed E-state index contributed by atoms with van der Waals surface area (Å²) in [5.74, 6) is -0.140. The highest BCUT2D eigenvalue weighted by Crippen LogP contribution is 2.38. The fourth-order valence-corrected chi connectivity index (χ4v) is 2.36. The summed E-state index contributed by atoms with van der Waals surface area (Å²) in [5.41, 5.74) is -4.14. The molecule has 1 aromatic carbocycles. The smallest absolute Gasteiger partial charge is 0.294 e. The zero-order valence-electron chi connectivity index (χ0n) is 8.35. The van der Waals surface area contributed by atoms with Crippen molar-refractivity contribution in [2.24, 2.45) is 0 Å². The fraction of sp³-hybridized carbons (Fsp3) is 0.300. The van der Waals surface area contributed by atoms with Crippen LogP contribution in [0.2, 0.25) is 0 Å². The van der Waals surface area contributed by atoms with Gasteiger partial charge >= 0.3 is 5.51 Å². The Bertz CT molecular complexity index is 423. The lowest BCUT2D eigenvalue weighted by atomic mass is 10.1. The highest BCUT2D eigenvalue weighted by molar-refractivity contribution is 9.10. The molecule has 0 unspecified atom stereocenters. The van der Waals surface area contributed by atoms with E-state index in [2.05, 4.69) is 15.9 Å². The molecule has 0 saturated carbocycles. The summed E-state index contributed by atoms with van der Waals surface area (Å²) in [6, 6.07) is 3.95. The maximum atomic E-state index is 12.2. The van der Waals surface area contributed by atoms with E-state index in [0.29, 0.717) is 4.47 Å². The number of rotatable bonds is 4. The predicted molar refractivity (Wildman–Crippen MR) is 65.7 cm³/mol. The highest BCUT2D eigenvalue weighted by atomic mass is 79.9. The van der Waals surface area contributed by atoms with E-state index in [9.17, 15) is 18.0 Å². The topological polar surface area (TPSA) is 17.1 Å². The maximum absolute atomic E-state index is 12.2. The molecule has 17 heavy (non-hydrogen) atoms. The first kappa shape index (κ1) is 14.9. The minimum atomic E-state index is -4.36. The third-order valence-electron chi connectivity index (χ3n) is 1.79. The van der Waals surface area contributed by atoms with Gasteiger partial charge in [0.25, 0.3) is 0 Å².